The number of alkyl halides is 3. The van der Waals surface area contributed by atoms with Gasteiger partial charge in [-0.1, -0.05) is 16.8 Å². The first-order chi connectivity index (χ1) is 11.2. The summed E-state index contributed by atoms with van der Waals surface area (Å²) in [6.45, 7) is 0.560. The van der Waals surface area contributed by atoms with Gasteiger partial charge in [0.15, 0.2) is 0 Å². The van der Waals surface area contributed by atoms with E-state index in [0.29, 0.717) is 29.5 Å². The molecule has 1 fully saturated rings. The molecule has 0 heterocycles. The van der Waals surface area contributed by atoms with Gasteiger partial charge in [-0.3, -0.25) is 4.72 Å². The maximum Gasteiger partial charge on any atom is 0.516 e. The van der Waals surface area contributed by atoms with Crippen LogP contribution >= 0.6 is 11.6 Å². The molecule has 0 bridgehead atoms. The molecule has 0 aromatic heterocycles. The van der Waals surface area contributed by atoms with E-state index in [1.54, 1.807) is 4.72 Å². The number of aryl methyl sites for hydroxylation is 1. The molecule has 0 spiro atoms. The first-order valence-electron chi connectivity index (χ1n) is 7.20. The molecule has 0 amide bonds. The molecule has 1 saturated carbocycles. The van der Waals surface area contributed by atoms with Crippen LogP contribution in [0.15, 0.2) is 23.4 Å². The highest BCUT2D eigenvalue weighted by Gasteiger charge is 2.46. The molecule has 1 aliphatic rings. The van der Waals surface area contributed by atoms with Crippen LogP contribution in [0.2, 0.25) is 5.02 Å². The summed E-state index contributed by atoms with van der Waals surface area (Å²) in [4.78, 5) is 5.06. The third kappa shape index (κ3) is 5.55. The SMILES string of the molecule is O=S(=O)(Nc1ccc(Cl)cc1CCC=NOCC1CC1)C(F)(F)F. The van der Waals surface area contributed by atoms with Gasteiger partial charge in [-0.25, -0.2) is 0 Å². The molecule has 1 aromatic rings. The minimum atomic E-state index is -5.48. The third-order valence-electron chi connectivity index (χ3n) is 3.32. The lowest BCUT2D eigenvalue weighted by Crippen LogP contribution is -2.30. The normalized spacial score (nSPS) is 15.7. The van der Waals surface area contributed by atoms with E-state index in [4.69, 9.17) is 16.4 Å². The number of halogens is 4. The molecule has 24 heavy (non-hydrogen) atoms. The van der Waals surface area contributed by atoms with Crippen LogP contribution in [0, 0.1) is 5.92 Å². The maximum atomic E-state index is 12.5. The number of nitrogens with zero attached hydrogens (tertiary/aromatic N) is 1. The van der Waals surface area contributed by atoms with E-state index in [1.807, 2.05) is 0 Å². The van der Waals surface area contributed by atoms with E-state index < -0.39 is 15.5 Å². The Balaban J connectivity index is 1.99. The monoisotopic (exact) mass is 384 g/mol. The van der Waals surface area contributed by atoms with Crippen molar-refractivity contribution in [1.82, 2.24) is 0 Å². The Morgan fingerprint density at radius 1 is 1.38 bits per heavy atom. The Bertz CT molecular complexity index is 704. The summed E-state index contributed by atoms with van der Waals surface area (Å²) in [6.07, 6.45) is 4.39. The lowest BCUT2D eigenvalue weighted by Gasteiger charge is -2.14. The largest absolute Gasteiger partial charge is 0.516 e. The predicted octanol–water partition coefficient (Wildman–Crippen LogP) is 3.95. The first-order valence-corrected chi connectivity index (χ1v) is 9.06. The molecule has 1 aliphatic carbocycles. The van der Waals surface area contributed by atoms with Crippen molar-refractivity contribution in [2.75, 3.05) is 11.3 Å². The molecule has 10 heteroatoms. The summed E-state index contributed by atoms with van der Waals surface area (Å²) >= 11 is 5.82. The molecule has 0 unspecified atom stereocenters. The van der Waals surface area contributed by atoms with Crippen molar-refractivity contribution in [2.24, 2.45) is 11.1 Å². The van der Waals surface area contributed by atoms with Gasteiger partial charge in [-0.2, -0.15) is 21.6 Å². The fraction of sp³-hybridized carbons (Fsp3) is 0.500. The van der Waals surface area contributed by atoms with Gasteiger partial charge < -0.3 is 4.84 Å². The smallest absolute Gasteiger partial charge is 0.396 e. The number of sulfonamides is 1. The molecule has 5 nitrogen and oxygen atoms in total. The summed E-state index contributed by atoms with van der Waals surface area (Å²) in [6, 6.07) is 3.92. The van der Waals surface area contributed by atoms with Crippen molar-refractivity contribution in [3.63, 3.8) is 0 Å². The maximum absolute atomic E-state index is 12.5. The van der Waals surface area contributed by atoms with Crippen LogP contribution in [0.4, 0.5) is 18.9 Å². The number of hydrogen-bond acceptors (Lipinski definition) is 4. The van der Waals surface area contributed by atoms with Crippen molar-refractivity contribution in [3.05, 3.63) is 28.8 Å². The second-order valence-corrected chi connectivity index (χ2v) is 7.53. The standard InChI is InChI=1S/C14H16ClF3N2O3S/c15-12-5-6-13(20-24(21,22)14(16,17)18)11(8-12)2-1-7-19-23-9-10-3-4-10/h5-8,10,20H,1-4,9H2. The fourth-order valence-electron chi connectivity index (χ4n) is 1.83. The van der Waals surface area contributed by atoms with Crippen LogP contribution < -0.4 is 4.72 Å². The molecule has 1 aromatic carbocycles. The van der Waals surface area contributed by atoms with Crippen LogP contribution in [0.25, 0.3) is 0 Å². The molecule has 0 aliphatic heterocycles. The molecule has 0 radical (unpaired) electrons. The van der Waals surface area contributed by atoms with Gasteiger partial charge >= 0.3 is 15.5 Å². The van der Waals surface area contributed by atoms with Gasteiger partial charge in [0.1, 0.15) is 6.61 Å². The number of hydrogen-bond donors (Lipinski definition) is 1. The Kier molecular flexibility index (Phi) is 5.97. The van der Waals surface area contributed by atoms with E-state index >= 15 is 0 Å². The van der Waals surface area contributed by atoms with E-state index in [0.717, 1.165) is 12.8 Å². The Labute approximate surface area is 142 Å². The molecule has 1 N–H and O–H groups in total. The van der Waals surface area contributed by atoms with Gasteiger partial charge in [0.05, 0.1) is 5.69 Å². The predicted molar refractivity (Wildman–Crippen MR) is 85.5 cm³/mol. The number of oxime groups is 1. The summed E-state index contributed by atoms with van der Waals surface area (Å²) in [5, 5.41) is 4.05. The Morgan fingerprint density at radius 3 is 2.71 bits per heavy atom. The molecule has 0 saturated heterocycles. The highest BCUT2D eigenvalue weighted by atomic mass is 35.5. The van der Waals surface area contributed by atoms with Gasteiger partial charge in [-0.05, 0) is 55.4 Å². The van der Waals surface area contributed by atoms with Crippen molar-refractivity contribution in [2.45, 2.75) is 31.2 Å². The van der Waals surface area contributed by atoms with Crippen LogP contribution in [0.5, 0.6) is 0 Å². The minimum Gasteiger partial charge on any atom is -0.396 e. The van der Waals surface area contributed by atoms with Gasteiger partial charge in [0, 0.05) is 11.2 Å². The number of benzene rings is 1. The van der Waals surface area contributed by atoms with Crippen molar-refractivity contribution >= 4 is 33.5 Å². The second kappa shape index (κ2) is 7.60. The summed E-state index contributed by atoms with van der Waals surface area (Å²) < 4.78 is 61.4. The van der Waals surface area contributed by atoms with E-state index in [-0.39, 0.29) is 12.1 Å². The van der Waals surface area contributed by atoms with Crippen LogP contribution in [-0.2, 0) is 21.3 Å². The molecule has 0 atom stereocenters. The summed E-state index contributed by atoms with van der Waals surface area (Å²) in [5.74, 6) is 0.568. The second-order valence-electron chi connectivity index (χ2n) is 5.42. The lowest BCUT2D eigenvalue weighted by molar-refractivity contribution is -0.0429. The highest BCUT2D eigenvalue weighted by molar-refractivity contribution is 7.93. The minimum absolute atomic E-state index is 0.163. The van der Waals surface area contributed by atoms with Gasteiger partial charge in [0.2, 0.25) is 0 Å². The van der Waals surface area contributed by atoms with Crippen LogP contribution in [0.1, 0.15) is 24.8 Å². The fourth-order valence-corrected chi connectivity index (χ4v) is 2.63. The highest BCUT2D eigenvalue weighted by Crippen LogP contribution is 2.29. The third-order valence-corrected chi connectivity index (χ3v) is 4.65. The van der Waals surface area contributed by atoms with Gasteiger partial charge in [-0.15, -0.1) is 0 Å². The summed E-state index contributed by atoms with van der Waals surface area (Å²) in [5.41, 5.74) is -5.21. The Hall–Kier alpha value is -1.48. The van der Waals surface area contributed by atoms with Crippen molar-refractivity contribution in [1.29, 1.82) is 0 Å². The Morgan fingerprint density at radius 2 is 2.08 bits per heavy atom. The van der Waals surface area contributed by atoms with E-state index in [1.165, 1.54) is 24.4 Å². The lowest BCUT2D eigenvalue weighted by atomic mass is 10.1. The molecule has 134 valence electrons. The van der Waals surface area contributed by atoms with Crippen molar-refractivity contribution < 1.29 is 26.4 Å². The van der Waals surface area contributed by atoms with Crippen LogP contribution in [-0.4, -0.2) is 26.7 Å². The zero-order valence-electron chi connectivity index (χ0n) is 12.5. The number of anilines is 1. The van der Waals surface area contributed by atoms with E-state index in [2.05, 4.69) is 5.16 Å². The zero-order valence-corrected chi connectivity index (χ0v) is 14.1. The number of rotatable bonds is 8. The molecule has 2 rings (SSSR count). The van der Waals surface area contributed by atoms with Gasteiger partial charge in [0.25, 0.3) is 0 Å². The quantitative estimate of drug-likeness (QED) is 0.545. The molecular formula is C14H16ClF3N2O3S. The van der Waals surface area contributed by atoms with Crippen molar-refractivity contribution in [3.8, 4) is 0 Å². The zero-order chi connectivity index (χ0) is 17.8. The number of nitrogens with one attached hydrogen (secondary N) is 1. The van der Waals surface area contributed by atoms with E-state index in [9.17, 15) is 21.6 Å². The van der Waals surface area contributed by atoms with Crippen LogP contribution in [0.3, 0.4) is 0 Å². The topological polar surface area (TPSA) is 67.8 Å². The average molecular weight is 385 g/mol. The molecular weight excluding hydrogens is 369 g/mol. The summed E-state index contributed by atoms with van der Waals surface area (Å²) in [7, 11) is -5.48. The average Bonchev–Trinajstić information content (AvgIpc) is 3.28. The first kappa shape index (κ1) is 18.9.